The van der Waals surface area contributed by atoms with Crippen molar-refractivity contribution in [1.29, 1.82) is 0 Å². The first-order valence-electron chi connectivity index (χ1n) is 7.33. The SMILES string of the molecule is NCC1CCCCC1NC1CC2CCC1C2. The van der Waals surface area contributed by atoms with Gasteiger partial charge in [0.25, 0.3) is 0 Å². The summed E-state index contributed by atoms with van der Waals surface area (Å²) in [5.74, 6) is 2.82. The molecule has 0 radical (unpaired) electrons. The van der Waals surface area contributed by atoms with Gasteiger partial charge in [0, 0.05) is 12.1 Å². The topological polar surface area (TPSA) is 38.0 Å². The van der Waals surface area contributed by atoms with Crippen LogP contribution in [-0.2, 0) is 0 Å². The summed E-state index contributed by atoms with van der Waals surface area (Å²) in [5.41, 5.74) is 5.90. The highest BCUT2D eigenvalue weighted by molar-refractivity contribution is 4.96. The predicted octanol–water partition coefficient (Wildman–Crippen LogP) is 2.28. The van der Waals surface area contributed by atoms with Gasteiger partial charge in [-0.3, -0.25) is 0 Å². The van der Waals surface area contributed by atoms with E-state index in [0.717, 1.165) is 36.4 Å². The van der Waals surface area contributed by atoms with Crippen LogP contribution in [-0.4, -0.2) is 18.6 Å². The molecule has 3 aliphatic rings. The number of hydrogen-bond donors (Lipinski definition) is 2. The second kappa shape index (κ2) is 4.66. The number of hydrogen-bond acceptors (Lipinski definition) is 2. The fraction of sp³-hybridized carbons (Fsp3) is 1.00. The first kappa shape index (κ1) is 11.0. The summed E-state index contributed by atoms with van der Waals surface area (Å²) < 4.78 is 0. The van der Waals surface area contributed by atoms with Crippen LogP contribution in [0.25, 0.3) is 0 Å². The van der Waals surface area contributed by atoms with Gasteiger partial charge in [-0.15, -0.1) is 0 Å². The third kappa shape index (κ3) is 2.02. The molecule has 3 fully saturated rings. The fourth-order valence-corrected chi connectivity index (χ4v) is 4.43. The van der Waals surface area contributed by atoms with Gasteiger partial charge in [0.15, 0.2) is 0 Å². The Balaban J connectivity index is 1.56. The van der Waals surface area contributed by atoms with Gasteiger partial charge in [-0.2, -0.15) is 0 Å². The molecule has 0 spiro atoms. The molecular formula is C14H26N2. The van der Waals surface area contributed by atoms with Gasteiger partial charge in [-0.25, -0.2) is 0 Å². The highest BCUT2D eigenvalue weighted by Gasteiger charge is 2.40. The van der Waals surface area contributed by atoms with Crippen LogP contribution in [0.3, 0.4) is 0 Å². The first-order valence-corrected chi connectivity index (χ1v) is 7.33. The molecule has 3 rings (SSSR count). The summed E-state index contributed by atoms with van der Waals surface area (Å²) in [4.78, 5) is 0. The maximum atomic E-state index is 5.90. The third-order valence-electron chi connectivity index (χ3n) is 5.38. The van der Waals surface area contributed by atoms with Crippen LogP contribution in [0.15, 0.2) is 0 Å². The van der Waals surface area contributed by atoms with Crippen molar-refractivity contribution in [3.8, 4) is 0 Å². The van der Waals surface area contributed by atoms with E-state index < -0.39 is 0 Å². The van der Waals surface area contributed by atoms with Crippen LogP contribution < -0.4 is 11.1 Å². The number of fused-ring (bicyclic) bond motifs is 2. The highest BCUT2D eigenvalue weighted by atomic mass is 15.0. The van der Waals surface area contributed by atoms with Crippen LogP contribution >= 0.6 is 0 Å². The van der Waals surface area contributed by atoms with Crippen molar-refractivity contribution in [3.05, 3.63) is 0 Å². The van der Waals surface area contributed by atoms with E-state index in [1.54, 1.807) is 0 Å². The van der Waals surface area contributed by atoms with Crippen molar-refractivity contribution in [1.82, 2.24) is 5.32 Å². The molecule has 3 aliphatic carbocycles. The predicted molar refractivity (Wildman–Crippen MR) is 67.2 cm³/mol. The van der Waals surface area contributed by atoms with Gasteiger partial charge < -0.3 is 11.1 Å². The van der Waals surface area contributed by atoms with E-state index in [0.29, 0.717) is 0 Å². The minimum absolute atomic E-state index is 0.739. The molecule has 0 aromatic carbocycles. The van der Waals surface area contributed by atoms with Crippen molar-refractivity contribution in [3.63, 3.8) is 0 Å². The molecule has 0 amide bonds. The molecule has 0 heterocycles. The minimum atomic E-state index is 0.739. The normalized spacial score (nSPS) is 47.4. The molecule has 0 aromatic heterocycles. The molecule has 2 heteroatoms. The Morgan fingerprint density at radius 2 is 1.81 bits per heavy atom. The monoisotopic (exact) mass is 222 g/mol. The summed E-state index contributed by atoms with van der Waals surface area (Å²) >= 11 is 0. The fourth-order valence-electron chi connectivity index (χ4n) is 4.43. The van der Waals surface area contributed by atoms with Gasteiger partial charge in [-0.05, 0) is 56.4 Å². The standard InChI is InChI=1S/C14H26N2/c15-9-12-3-1-2-4-13(12)16-14-8-10-5-6-11(14)7-10/h10-14,16H,1-9,15H2. The van der Waals surface area contributed by atoms with Gasteiger partial charge in [0.1, 0.15) is 0 Å². The Hall–Kier alpha value is -0.0800. The molecule has 16 heavy (non-hydrogen) atoms. The van der Waals surface area contributed by atoms with E-state index in [1.807, 2.05) is 0 Å². The van der Waals surface area contributed by atoms with Crippen molar-refractivity contribution in [2.24, 2.45) is 23.5 Å². The molecule has 2 nitrogen and oxygen atoms in total. The zero-order valence-electron chi connectivity index (χ0n) is 10.3. The maximum absolute atomic E-state index is 5.90. The molecule has 0 saturated heterocycles. The second-order valence-electron chi connectivity index (χ2n) is 6.33. The van der Waals surface area contributed by atoms with Crippen LogP contribution in [0.1, 0.15) is 51.4 Å². The largest absolute Gasteiger partial charge is 0.330 e. The van der Waals surface area contributed by atoms with Crippen LogP contribution in [0, 0.1) is 17.8 Å². The zero-order valence-corrected chi connectivity index (χ0v) is 10.3. The van der Waals surface area contributed by atoms with Crippen molar-refractivity contribution < 1.29 is 0 Å². The Morgan fingerprint density at radius 1 is 0.938 bits per heavy atom. The third-order valence-corrected chi connectivity index (χ3v) is 5.38. The Kier molecular flexibility index (Phi) is 3.21. The lowest BCUT2D eigenvalue weighted by Gasteiger charge is -2.36. The quantitative estimate of drug-likeness (QED) is 0.769. The lowest BCUT2D eigenvalue weighted by atomic mass is 9.83. The minimum Gasteiger partial charge on any atom is -0.330 e. The van der Waals surface area contributed by atoms with Gasteiger partial charge >= 0.3 is 0 Å². The van der Waals surface area contributed by atoms with E-state index in [-0.39, 0.29) is 0 Å². The summed E-state index contributed by atoms with van der Waals surface area (Å²) in [6.07, 6.45) is 11.5. The second-order valence-corrected chi connectivity index (χ2v) is 6.33. The van der Waals surface area contributed by atoms with Crippen LogP contribution in [0.4, 0.5) is 0 Å². The van der Waals surface area contributed by atoms with Gasteiger partial charge in [0.2, 0.25) is 0 Å². The number of nitrogens with two attached hydrogens (primary N) is 1. The zero-order chi connectivity index (χ0) is 11.0. The van der Waals surface area contributed by atoms with Crippen molar-refractivity contribution in [2.45, 2.75) is 63.5 Å². The number of nitrogens with one attached hydrogen (secondary N) is 1. The molecule has 0 aromatic rings. The molecule has 3 N–H and O–H groups in total. The van der Waals surface area contributed by atoms with Crippen LogP contribution in [0.2, 0.25) is 0 Å². The molecular weight excluding hydrogens is 196 g/mol. The lowest BCUT2D eigenvalue weighted by Crippen LogP contribution is -2.48. The van der Waals surface area contributed by atoms with Gasteiger partial charge in [-0.1, -0.05) is 19.3 Å². The lowest BCUT2D eigenvalue weighted by molar-refractivity contribution is 0.219. The van der Waals surface area contributed by atoms with Crippen molar-refractivity contribution in [2.75, 3.05) is 6.54 Å². The average Bonchev–Trinajstić information content (AvgIpc) is 2.92. The molecule has 5 unspecified atom stereocenters. The molecule has 2 bridgehead atoms. The smallest absolute Gasteiger partial charge is 0.0110 e. The van der Waals surface area contributed by atoms with E-state index in [1.165, 1.54) is 51.4 Å². The summed E-state index contributed by atoms with van der Waals surface area (Å²) in [5, 5.41) is 3.97. The van der Waals surface area contributed by atoms with E-state index in [4.69, 9.17) is 5.73 Å². The van der Waals surface area contributed by atoms with E-state index in [2.05, 4.69) is 5.32 Å². The summed E-state index contributed by atoms with van der Waals surface area (Å²) in [7, 11) is 0. The van der Waals surface area contributed by atoms with E-state index >= 15 is 0 Å². The molecule has 92 valence electrons. The highest BCUT2D eigenvalue weighted by Crippen LogP contribution is 2.45. The van der Waals surface area contributed by atoms with E-state index in [9.17, 15) is 0 Å². The Bertz CT molecular complexity index is 241. The summed E-state index contributed by atoms with van der Waals surface area (Å²) in [6.45, 7) is 0.887. The first-order chi connectivity index (χ1) is 7.86. The molecule has 3 saturated carbocycles. The van der Waals surface area contributed by atoms with Crippen LogP contribution in [0.5, 0.6) is 0 Å². The molecule has 5 atom stereocenters. The Labute approximate surface area is 99.4 Å². The molecule has 0 aliphatic heterocycles. The van der Waals surface area contributed by atoms with Gasteiger partial charge in [0.05, 0.1) is 0 Å². The number of rotatable bonds is 3. The Morgan fingerprint density at radius 3 is 2.50 bits per heavy atom. The maximum Gasteiger partial charge on any atom is 0.0110 e. The van der Waals surface area contributed by atoms with Crippen molar-refractivity contribution >= 4 is 0 Å². The summed E-state index contributed by atoms with van der Waals surface area (Å²) in [6, 6.07) is 1.58. The average molecular weight is 222 g/mol.